The van der Waals surface area contributed by atoms with Crippen molar-refractivity contribution in [2.24, 2.45) is 0 Å². The maximum atomic E-state index is 6.33. The first-order valence-electron chi connectivity index (χ1n) is 9.65. The number of fused-ring (bicyclic) bond motifs is 3. The van der Waals surface area contributed by atoms with Gasteiger partial charge in [0.2, 0.25) is 0 Å². The van der Waals surface area contributed by atoms with E-state index in [1.54, 1.807) is 0 Å². The zero-order valence-electron chi connectivity index (χ0n) is 15.7. The lowest BCUT2D eigenvalue weighted by Crippen LogP contribution is -2.26. The number of benzene rings is 1. The largest absolute Gasteiger partial charge is 0.378 e. The molecular formula is C22H21ClN4O. The molecule has 4 aromatic rings. The maximum Gasteiger partial charge on any atom is 0.116 e. The van der Waals surface area contributed by atoms with Gasteiger partial charge < -0.3 is 9.30 Å². The summed E-state index contributed by atoms with van der Waals surface area (Å²) in [7, 11) is 0. The van der Waals surface area contributed by atoms with Crippen molar-refractivity contribution < 1.29 is 4.74 Å². The molecule has 1 fully saturated rings. The fourth-order valence-corrected chi connectivity index (χ4v) is 4.36. The predicted octanol–water partition coefficient (Wildman–Crippen LogP) is 4.96. The van der Waals surface area contributed by atoms with Gasteiger partial charge in [-0.05, 0) is 50.1 Å². The monoisotopic (exact) mass is 392 g/mol. The third kappa shape index (κ3) is 3.15. The summed E-state index contributed by atoms with van der Waals surface area (Å²) in [4.78, 5) is 14.1. The number of rotatable bonds is 3. The quantitative estimate of drug-likeness (QED) is 0.494. The first-order chi connectivity index (χ1) is 13.7. The van der Waals surface area contributed by atoms with Crippen molar-refractivity contribution in [3.63, 3.8) is 0 Å². The minimum absolute atomic E-state index is 0.232. The van der Waals surface area contributed by atoms with Gasteiger partial charge in [-0.25, -0.2) is 4.98 Å². The van der Waals surface area contributed by atoms with E-state index in [1.807, 2.05) is 48.8 Å². The average molecular weight is 393 g/mol. The molecule has 0 bridgehead atoms. The number of aromatic nitrogens is 4. The topological polar surface area (TPSA) is 52.8 Å². The van der Waals surface area contributed by atoms with Crippen molar-refractivity contribution in [2.75, 3.05) is 6.61 Å². The van der Waals surface area contributed by atoms with Gasteiger partial charge in [0, 0.05) is 41.4 Å². The molecule has 1 saturated heterocycles. The van der Waals surface area contributed by atoms with E-state index in [0.29, 0.717) is 17.5 Å². The van der Waals surface area contributed by atoms with Crippen LogP contribution >= 0.6 is 11.6 Å². The van der Waals surface area contributed by atoms with Crippen molar-refractivity contribution >= 4 is 33.5 Å². The Kier molecular flexibility index (Phi) is 4.49. The standard InChI is InChI=1S/C22H21ClN4O/c1-14-10-17(7-9-28-14)27-21(12-16-4-2-3-8-24-16)26-20-13-25-19-6-5-15(23)11-18(19)22(20)27/h2-6,8,11,13-14,17H,7,9-10,12H2,1H3/t14-,17-/m1/s1. The van der Waals surface area contributed by atoms with Crippen LogP contribution in [0.5, 0.6) is 0 Å². The third-order valence-corrected chi connectivity index (χ3v) is 5.67. The number of ether oxygens (including phenoxy) is 1. The number of halogens is 1. The summed E-state index contributed by atoms with van der Waals surface area (Å²) in [6.45, 7) is 2.90. The van der Waals surface area contributed by atoms with Crippen molar-refractivity contribution in [1.29, 1.82) is 0 Å². The molecule has 0 saturated carbocycles. The molecule has 142 valence electrons. The molecule has 2 atom stereocenters. The van der Waals surface area contributed by atoms with Crippen molar-refractivity contribution in [3.8, 4) is 0 Å². The van der Waals surface area contributed by atoms with Crippen LogP contribution in [0.1, 0.15) is 37.3 Å². The smallest absolute Gasteiger partial charge is 0.116 e. The molecule has 28 heavy (non-hydrogen) atoms. The Morgan fingerprint density at radius 1 is 1.18 bits per heavy atom. The summed E-state index contributed by atoms with van der Waals surface area (Å²) in [6.07, 6.45) is 6.54. The van der Waals surface area contributed by atoms with Crippen LogP contribution in [0.3, 0.4) is 0 Å². The molecule has 1 aliphatic rings. The van der Waals surface area contributed by atoms with Gasteiger partial charge in [-0.15, -0.1) is 0 Å². The van der Waals surface area contributed by atoms with Crippen LogP contribution in [-0.2, 0) is 11.2 Å². The molecule has 0 unspecified atom stereocenters. The molecule has 4 heterocycles. The Bertz CT molecular complexity index is 1140. The SMILES string of the molecule is C[C@@H]1C[C@H](n2c(Cc3ccccn3)nc3cnc4ccc(Cl)cc4c32)CCO1. The van der Waals surface area contributed by atoms with Gasteiger partial charge in [-0.1, -0.05) is 17.7 Å². The Morgan fingerprint density at radius 2 is 2.11 bits per heavy atom. The van der Waals surface area contributed by atoms with E-state index in [-0.39, 0.29) is 6.10 Å². The lowest BCUT2D eigenvalue weighted by atomic mass is 10.0. The predicted molar refractivity (Wildman–Crippen MR) is 111 cm³/mol. The van der Waals surface area contributed by atoms with Crippen LogP contribution < -0.4 is 0 Å². The van der Waals surface area contributed by atoms with Crippen LogP contribution in [0, 0.1) is 0 Å². The minimum atomic E-state index is 0.232. The molecule has 1 aliphatic heterocycles. The molecule has 6 heteroatoms. The molecule has 0 spiro atoms. The van der Waals surface area contributed by atoms with E-state index in [1.165, 1.54) is 0 Å². The molecule has 0 amide bonds. The van der Waals surface area contributed by atoms with E-state index >= 15 is 0 Å². The normalized spacial score (nSPS) is 20.1. The van der Waals surface area contributed by atoms with Gasteiger partial charge in [-0.3, -0.25) is 9.97 Å². The van der Waals surface area contributed by atoms with Crippen LogP contribution in [0.15, 0.2) is 48.8 Å². The Hall–Kier alpha value is -2.50. The first kappa shape index (κ1) is 17.6. The number of hydrogen-bond donors (Lipinski definition) is 0. The van der Waals surface area contributed by atoms with Crippen molar-refractivity contribution in [3.05, 3.63) is 65.3 Å². The summed E-state index contributed by atoms with van der Waals surface area (Å²) in [5.41, 5.74) is 3.95. The van der Waals surface area contributed by atoms with E-state index < -0.39 is 0 Å². The Balaban J connectivity index is 1.75. The van der Waals surface area contributed by atoms with Crippen LogP contribution in [-0.4, -0.2) is 32.2 Å². The number of imidazole rings is 1. The molecule has 5 rings (SSSR count). The second kappa shape index (κ2) is 7.15. The van der Waals surface area contributed by atoms with Gasteiger partial charge in [-0.2, -0.15) is 0 Å². The first-order valence-corrected chi connectivity index (χ1v) is 10.0. The number of hydrogen-bond acceptors (Lipinski definition) is 4. The summed E-state index contributed by atoms with van der Waals surface area (Å²) in [5, 5.41) is 1.75. The highest BCUT2D eigenvalue weighted by atomic mass is 35.5. The number of pyridine rings is 2. The van der Waals surface area contributed by atoms with Gasteiger partial charge in [0.05, 0.1) is 23.3 Å². The minimum Gasteiger partial charge on any atom is -0.378 e. The highest BCUT2D eigenvalue weighted by Crippen LogP contribution is 2.34. The summed E-state index contributed by atoms with van der Waals surface area (Å²) >= 11 is 6.33. The van der Waals surface area contributed by atoms with E-state index in [9.17, 15) is 0 Å². The molecule has 0 N–H and O–H groups in total. The van der Waals surface area contributed by atoms with E-state index in [2.05, 4.69) is 21.5 Å². The van der Waals surface area contributed by atoms with E-state index in [4.69, 9.17) is 21.3 Å². The fraction of sp³-hybridized carbons (Fsp3) is 0.318. The molecule has 5 nitrogen and oxygen atoms in total. The van der Waals surface area contributed by atoms with Gasteiger partial charge in [0.15, 0.2) is 0 Å². The zero-order chi connectivity index (χ0) is 19.1. The summed E-state index contributed by atoms with van der Waals surface area (Å²) in [6, 6.07) is 12.2. The Morgan fingerprint density at radius 3 is 2.93 bits per heavy atom. The van der Waals surface area contributed by atoms with Crippen LogP contribution in [0.4, 0.5) is 0 Å². The maximum absolute atomic E-state index is 6.33. The van der Waals surface area contributed by atoms with Crippen LogP contribution in [0.2, 0.25) is 5.02 Å². The molecule has 0 radical (unpaired) electrons. The zero-order valence-corrected chi connectivity index (χ0v) is 16.4. The molecule has 1 aromatic carbocycles. The highest BCUT2D eigenvalue weighted by molar-refractivity contribution is 6.31. The molecule has 0 aliphatic carbocycles. The van der Waals surface area contributed by atoms with E-state index in [0.717, 1.165) is 52.9 Å². The Labute approximate surface area is 168 Å². The second-order valence-electron chi connectivity index (χ2n) is 7.41. The van der Waals surface area contributed by atoms with Crippen LogP contribution in [0.25, 0.3) is 21.9 Å². The molecule has 3 aromatic heterocycles. The summed E-state index contributed by atoms with van der Waals surface area (Å²) in [5.74, 6) is 1.02. The number of nitrogens with zero attached hydrogens (tertiary/aromatic N) is 4. The van der Waals surface area contributed by atoms with Gasteiger partial charge >= 0.3 is 0 Å². The summed E-state index contributed by atoms with van der Waals surface area (Å²) < 4.78 is 8.20. The third-order valence-electron chi connectivity index (χ3n) is 5.44. The van der Waals surface area contributed by atoms with Crippen molar-refractivity contribution in [2.45, 2.75) is 38.3 Å². The molecular weight excluding hydrogens is 372 g/mol. The average Bonchev–Trinajstić information content (AvgIpc) is 3.07. The van der Waals surface area contributed by atoms with Crippen molar-refractivity contribution in [1.82, 2.24) is 19.5 Å². The fourth-order valence-electron chi connectivity index (χ4n) is 4.19. The lowest BCUT2D eigenvalue weighted by molar-refractivity contribution is 0.00631. The lowest BCUT2D eigenvalue weighted by Gasteiger charge is -2.30. The highest BCUT2D eigenvalue weighted by Gasteiger charge is 2.26. The van der Waals surface area contributed by atoms with Gasteiger partial charge in [0.25, 0.3) is 0 Å². The second-order valence-corrected chi connectivity index (χ2v) is 7.85. The van der Waals surface area contributed by atoms with Gasteiger partial charge in [0.1, 0.15) is 11.3 Å².